The van der Waals surface area contributed by atoms with Crippen LogP contribution in [-0.2, 0) is 33.4 Å². The number of nitrogens with zero attached hydrogens (tertiary/aromatic N) is 2. The minimum Gasteiger partial charge on any atom is -0.381 e. The molecular weight excluding hydrogens is 491 g/mol. The largest absolute Gasteiger partial charge is 0.381 e. The van der Waals surface area contributed by atoms with Gasteiger partial charge in [0, 0.05) is 43.6 Å². The van der Waals surface area contributed by atoms with E-state index >= 15 is 4.39 Å². The topological polar surface area (TPSA) is 87.3 Å². The Morgan fingerprint density at radius 3 is 2.62 bits per heavy atom. The van der Waals surface area contributed by atoms with Gasteiger partial charge in [-0.2, -0.15) is 9.40 Å². The average Bonchev–Trinajstić information content (AvgIpc) is 3.44. The second-order valence-corrected chi connectivity index (χ2v) is 11.7. The number of hydrogen-bond acceptors (Lipinski definition) is 5. The number of aromatic nitrogens is 2. The molecule has 0 spiro atoms. The third-order valence-corrected chi connectivity index (χ3v) is 9.81. The van der Waals surface area contributed by atoms with Crippen LogP contribution in [-0.4, -0.2) is 42.2 Å². The van der Waals surface area contributed by atoms with Crippen molar-refractivity contribution in [3.63, 3.8) is 0 Å². The van der Waals surface area contributed by atoms with Crippen LogP contribution >= 0.6 is 0 Å². The third-order valence-electron chi connectivity index (χ3n) is 7.54. The molecule has 3 aromatic rings. The van der Waals surface area contributed by atoms with Crippen molar-refractivity contribution < 1.29 is 17.5 Å². The molecule has 0 bridgehead atoms. The first-order valence-corrected chi connectivity index (χ1v) is 14.1. The molecule has 2 aliphatic heterocycles. The van der Waals surface area contributed by atoms with Crippen LogP contribution in [0.3, 0.4) is 0 Å². The van der Waals surface area contributed by atoms with E-state index in [0.717, 1.165) is 16.8 Å². The molecule has 2 fully saturated rings. The number of hydrogen-bond donors (Lipinski definition) is 2. The lowest BCUT2D eigenvalue weighted by atomic mass is 9.82. The van der Waals surface area contributed by atoms with E-state index in [-0.39, 0.29) is 6.54 Å². The number of rotatable bonds is 7. The van der Waals surface area contributed by atoms with Crippen LogP contribution in [0.25, 0.3) is 0 Å². The summed E-state index contributed by atoms with van der Waals surface area (Å²) >= 11 is 0. The smallest absolute Gasteiger partial charge is 0.222 e. The van der Waals surface area contributed by atoms with Gasteiger partial charge in [-0.3, -0.25) is 5.10 Å². The van der Waals surface area contributed by atoms with E-state index < -0.39 is 32.7 Å². The van der Waals surface area contributed by atoms with Crippen LogP contribution in [0.2, 0.25) is 0 Å². The summed E-state index contributed by atoms with van der Waals surface area (Å²) in [5.41, 5.74) is 2.24. The minimum absolute atomic E-state index is 0.108. The average molecular weight is 523 g/mol. The first-order chi connectivity index (χ1) is 17.9. The van der Waals surface area contributed by atoms with Gasteiger partial charge in [0.1, 0.15) is 11.1 Å². The second-order valence-electron chi connectivity index (χ2n) is 9.67. The van der Waals surface area contributed by atoms with E-state index in [4.69, 9.17) is 11.2 Å². The quantitative estimate of drug-likeness (QED) is 0.458. The summed E-state index contributed by atoms with van der Waals surface area (Å²) in [5.74, 6) is 2.17. The van der Waals surface area contributed by atoms with Gasteiger partial charge in [-0.15, -0.1) is 6.42 Å². The lowest BCUT2D eigenvalue weighted by molar-refractivity contribution is 0.0355. The van der Waals surface area contributed by atoms with E-state index in [1.807, 2.05) is 42.5 Å². The minimum atomic E-state index is -3.78. The van der Waals surface area contributed by atoms with Crippen molar-refractivity contribution in [2.24, 2.45) is 0 Å². The Labute approximate surface area is 217 Å². The van der Waals surface area contributed by atoms with Gasteiger partial charge in [0.15, 0.2) is 0 Å². The highest BCUT2D eigenvalue weighted by molar-refractivity contribution is 7.89. The van der Waals surface area contributed by atoms with Gasteiger partial charge in [-0.05, 0) is 48.9 Å². The molecule has 5 rings (SSSR count). The van der Waals surface area contributed by atoms with E-state index in [9.17, 15) is 8.42 Å². The predicted octanol–water partition coefficient (Wildman–Crippen LogP) is 4.01. The van der Waals surface area contributed by atoms with Crippen LogP contribution in [0.15, 0.2) is 60.8 Å². The Morgan fingerprint density at radius 1 is 1.16 bits per heavy atom. The number of terminal acetylenes is 1. The van der Waals surface area contributed by atoms with E-state index in [0.29, 0.717) is 51.0 Å². The molecule has 2 N–H and O–H groups in total. The van der Waals surface area contributed by atoms with Gasteiger partial charge in [-0.1, -0.05) is 48.4 Å². The molecular formula is C28H31FN4O3S. The standard InChI is InChI=1S/C28H31FN4O3S/c1-2-25-10-11-27(21-6-4-3-5-7-21)37(34,35)33(25)20-22-8-9-23(18-26(22)29)28(13-16-36-17-14-28)30-19-24-12-15-31-32-24/h1,3-9,12,15,18,25,27,30H,10-11,13-14,16-17,19-20H2,(H,31,32)/t25-,27+/m0/s1. The molecule has 1 aromatic heterocycles. The molecule has 2 aliphatic rings. The molecule has 0 saturated carbocycles. The first-order valence-electron chi connectivity index (χ1n) is 12.5. The first kappa shape index (κ1) is 25.6. The summed E-state index contributed by atoms with van der Waals surface area (Å²) in [5, 5.41) is 9.89. The number of sulfonamides is 1. The molecule has 194 valence electrons. The van der Waals surface area contributed by atoms with Crippen molar-refractivity contribution in [3.8, 4) is 12.3 Å². The number of ether oxygens (including phenoxy) is 1. The monoisotopic (exact) mass is 522 g/mol. The van der Waals surface area contributed by atoms with Gasteiger partial charge >= 0.3 is 0 Å². The van der Waals surface area contributed by atoms with Gasteiger partial charge in [-0.25, -0.2) is 12.8 Å². The fraction of sp³-hybridized carbons (Fsp3) is 0.393. The maximum absolute atomic E-state index is 15.6. The number of H-pyrrole nitrogens is 1. The van der Waals surface area contributed by atoms with Crippen LogP contribution in [0.1, 0.15) is 53.3 Å². The molecule has 0 amide bonds. The van der Waals surface area contributed by atoms with Gasteiger partial charge in [0.05, 0.1) is 11.7 Å². The van der Waals surface area contributed by atoms with Crippen molar-refractivity contribution in [3.05, 3.63) is 89.0 Å². The maximum Gasteiger partial charge on any atom is 0.222 e. The molecule has 7 nitrogen and oxygen atoms in total. The summed E-state index contributed by atoms with van der Waals surface area (Å²) in [6, 6.07) is 15.5. The zero-order chi connectivity index (χ0) is 25.9. The van der Waals surface area contributed by atoms with Gasteiger partial charge < -0.3 is 10.1 Å². The summed E-state index contributed by atoms with van der Waals surface area (Å²) in [6.45, 7) is 1.55. The van der Waals surface area contributed by atoms with Crippen molar-refractivity contribution in [2.45, 2.75) is 55.6 Å². The summed E-state index contributed by atoms with van der Waals surface area (Å²) in [6.07, 6.45) is 9.83. The molecule has 2 saturated heterocycles. The van der Waals surface area contributed by atoms with E-state index in [2.05, 4.69) is 21.4 Å². The zero-order valence-corrected chi connectivity index (χ0v) is 21.4. The highest BCUT2D eigenvalue weighted by Gasteiger charge is 2.42. The Balaban J connectivity index is 1.41. The fourth-order valence-electron chi connectivity index (χ4n) is 5.39. The second kappa shape index (κ2) is 10.8. The van der Waals surface area contributed by atoms with Crippen molar-refractivity contribution in [2.75, 3.05) is 13.2 Å². The van der Waals surface area contributed by atoms with Gasteiger partial charge in [0.25, 0.3) is 0 Å². The lowest BCUT2D eigenvalue weighted by Gasteiger charge is -2.39. The maximum atomic E-state index is 15.6. The Morgan fingerprint density at radius 2 is 1.95 bits per heavy atom. The SMILES string of the molecule is C#C[C@H]1CC[C@H](c2ccccc2)S(=O)(=O)N1Cc1ccc(C2(NCc3cc[nH]n3)CCOCC2)cc1F. The molecule has 2 atom stereocenters. The molecule has 0 aliphatic carbocycles. The summed E-state index contributed by atoms with van der Waals surface area (Å²) < 4.78 is 49.8. The van der Waals surface area contributed by atoms with Crippen molar-refractivity contribution >= 4 is 10.0 Å². The number of benzene rings is 2. The number of aromatic amines is 1. The molecule has 37 heavy (non-hydrogen) atoms. The normalized spacial score (nSPS) is 23.4. The molecule has 0 radical (unpaired) electrons. The molecule has 2 aromatic carbocycles. The Hall–Kier alpha value is -3.03. The predicted molar refractivity (Wildman–Crippen MR) is 139 cm³/mol. The third kappa shape index (κ3) is 5.20. The molecule has 9 heteroatoms. The van der Waals surface area contributed by atoms with E-state index in [1.165, 1.54) is 10.4 Å². The van der Waals surface area contributed by atoms with Crippen LogP contribution in [0.5, 0.6) is 0 Å². The molecule has 0 unspecified atom stereocenters. The van der Waals surface area contributed by atoms with Crippen molar-refractivity contribution in [1.29, 1.82) is 0 Å². The Kier molecular flexibility index (Phi) is 7.45. The highest BCUT2D eigenvalue weighted by atomic mass is 32.2. The van der Waals surface area contributed by atoms with Crippen LogP contribution < -0.4 is 5.32 Å². The van der Waals surface area contributed by atoms with E-state index in [1.54, 1.807) is 12.3 Å². The number of halogens is 1. The lowest BCUT2D eigenvalue weighted by Crippen LogP contribution is -2.47. The van der Waals surface area contributed by atoms with Gasteiger partial charge in [0.2, 0.25) is 10.0 Å². The van der Waals surface area contributed by atoms with Crippen LogP contribution in [0, 0.1) is 18.2 Å². The van der Waals surface area contributed by atoms with Crippen LogP contribution in [0.4, 0.5) is 4.39 Å². The summed E-state index contributed by atoms with van der Waals surface area (Å²) in [4.78, 5) is 0. The summed E-state index contributed by atoms with van der Waals surface area (Å²) in [7, 11) is -3.78. The fourth-order valence-corrected chi connectivity index (χ4v) is 7.50. The number of nitrogens with one attached hydrogen (secondary N) is 2. The Bertz CT molecular complexity index is 1350. The van der Waals surface area contributed by atoms with Crippen molar-refractivity contribution in [1.82, 2.24) is 19.8 Å². The molecule has 3 heterocycles. The zero-order valence-electron chi connectivity index (χ0n) is 20.6. The highest BCUT2D eigenvalue weighted by Crippen LogP contribution is 2.39.